The van der Waals surface area contributed by atoms with Crippen LogP contribution in [-0.4, -0.2) is 51.4 Å². The number of phenolic OH excluding ortho intramolecular Hbond substituents is 1. The number of rotatable bonds is 15. The lowest BCUT2D eigenvalue weighted by Gasteiger charge is -2.11. The lowest BCUT2D eigenvalue weighted by Crippen LogP contribution is -2.10. The van der Waals surface area contributed by atoms with Crippen molar-refractivity contribution in [2.24, 2.45) is 10.2 Å². The molecule has 4 aromatic rings. The number of hydrogen-bond donors (Lipinski definition) is 5. The summed E-state index contributed by atoms with van der Waals surface area (Å²) in [6.07, 6.45) is 1.68. The minimum atomic E-state index is -3.72. The van der Waals surface area contributed by atoms with Gasteiger partial charge < -0.3 is 10.4 Å². The van der Waals surface area contributed by atoms with Crippen LogP contribution in [0.15, 0.2) is 68.6 Å². The monoisotopic (exact) mass is 684 g/mol. The second-order valence-corrected chi connectivity index (χ2v) is 11.6. The molecule has 0 unspecified atom stereocenters. The first-order valence-electron chi connectivity index (χ1n) is 11.5. The first-order chi connectivity index (χ1) is 21.2. The van der Waals surface area contributed by atoms with Crippen molar-refractivity contribution in [1.29, 1.82) is 5.26 Å². The summed E-state index contributed by atoms with van der Waals surface area (Å²) in [4.78, 5) is 11.9. The van der Waals surface area contributed by atoms with Gasteiger partial charge in [-0.05, 0) is 65.5 Å². The molecule has 1 aromatic heterocycles. The molecule has 18 nitrogen and oxygen atoms in total. The van der Waals surface area contributed by atoms with Crippen LogP contribution < -0.4 is 10.6 Å². The minimum Gasteiger partial charge on any atom is -0.505 e. The predicted octanol–water partition coefficient (Wildman–Crippen LogP) is 5.64. The molecule has 0 atom stereocenters. The van der Waals surface area contributed by atoms with E-state index in [4.69, 9.17) is 31.6 Å². The fourth-order valence-electron chi connectivity index (χ4n) is 3.44. The van der Waals surface area contributed by atoms with Gasteiger partial charge in [-0.25, -0.2) is 18.9 Å². The number of benzene rings is 3. The highest BCUT2D eigenvalue weighted by atomic mass is 35.5. The highest BCUT2D eigenvalue weighted by molar-refractivity contribution is 7.94. The number of fused-ring (bicyclic) bond motifs is 1. The molecule has 0 radical (unpaired) electrons. The number of halogens is 1. The predicted molar refractivity (Wildman–Crippen MR) is 155 cm³/mol. The van der Waals surface area contributed by atoms with E-state index in [9.17, 15) is 13.5 Å². The summed E-state index contributed by atoms with van der Waals surface area (Å²) in [5.41, 5.74) is 0.677. The van der Waals surface area contributed by atoms with Gasteiger partial charge in [-0.3, -0.25) is 9.50 Å². The Hall–Kier alpha value is -3.92. The molecular weight excluding hydrogens is 668 g/mol. The molecule has 1 heterocycles. The van der Waals surface area contributed by atoms with Crippen LogP contribution in [0.2, 0.25) is 5.28 Å². The van der Waals surface area contributed by atoms with Gasteiger partial charge in [0.2, 0.25) is 17.2 Å². The van der Waals surface area contributed by atoms with Crippen LogP contribution in [0.1, 0.15) is 0 Å². The van der Waals surface area contributed by atoms with E-state index >= 15 is 0 Å². The Bertz CT molecular complexity index is 1800. The Labute approximate surface area is 260 Å². The highest BCUT2D eigenvalue weighted by Gasteiger charge is 2.17. The van der Waals surface area contributed by atoms with Gasteiger partial charge in [-0.2, -0.15) is 25.3 Å². The minimum absolute atomic E-state index is 0.0101. The maximum atomic E-state index is 12.5. The molecule has 3 aromatic carbocycles. The number of phenols is 1. The van der Waals surface area contributed by atoms with Crippen molar-refractivity contribution in [2.75, 3.05) is 23.0 Å². The molecule has 0 amide bonds. The molecule has 0 saturated heterocycles. The normalized spacial score (nSPS) is 11.6. The SMILES string of the molecule is N#CNc1nc(Cl)nc(Nc2ccc3c(O)c(/N=N/c4ccc(S(=O)(=O)CCOSOOO)cc4)c(SOOO)cc3c2)n1. The standard InChI is InChI=1S/C22H17ClN8O10S3/c23-20-27-21(25-11-24)29-22(28-20)26-14-3-6-16-12(9-14)10-17(42-40-38-33)18(19(16)32)31-30-13-1-4-15(5-2-13)44(35,36)8-7-37-43-41-39-34/h1-6,9-10,32-34H,7-8H2,(H2,25,26,27,28,29)/b31-30+. The summed E-state index contributed by atoms with van der Waals surface area (Å²) >= 11 is 6.68. The van der Waals surface area contributed by atoms with Crippen molar-refractivity contribution in [1.82, 2.24) is 15.0 Å². The molecule has 0 aliphatic heterocycles. The molecule has 5 N–H and O–H groups in total. The quantitative estimate of drug-likeness (QED) is 0.0193. The van der Waals surface area contributed by atoms with E-state index in [1.165, 1.54) is 24.3 Å². The van der Waals surface area contributed by atoms with Crippen LogP contribution in [0.3, 0.4) is 0 Å². The van der Waals surface area contributed by atoms with E-state index in [0.29, 0.717) is 28.5 Å². The summed E-state index contributed by atoms with van der Waals surface area (Å²) < 4.78 is 38.3. The van der Waals surface area contributed by atoms with Crippen LogP contribution in [0, 0.1) is 11.5 Å². The van der Waals surface area contributed by atoms with Gasteiger partial charge >= 0.3 is 0 Å². The first kappa shape index (κ1) is 33.0. The zero-order valence-electron chi connectivity index (χ0n) is 21.5. The third-order valence-electron chi connectivity index (χ3n) is 5.24. The van der Waals surface area contributed by atoms with Crippen LogP contribution in [0.5, 0.6) is 5.75 Å². The number of anilines is 3. The maximum absolute atomic E-state index is 12.5. The topological polar surface area (TPSA) is 252 Å². The zero-order valence-corrected chi connectivity index (χ0v) is 24.7. The maximum Gasteiger partial charge on any atom is 0.242 e. The van der Waals surface area contributed by atoms with E-state index in [1.807, 2.05) is 0 Å². The molecular formula is C22H17ClN8O10S3. The lowest BCUT2D eigenvalue weighted by atomic mass is 10.1. The molecule has 44 heavy (non-hydrogen) atoms. The molecule has 0 fully saturated rings. The first-order valence-corrected chi connectivity index (χ1v) is 15.0. The fourth-order valence-corrected chi connectivity index (χ4v) is 5.50. The van der Waals surface area contributed by atoms with E-state index in [1.54, 1.807) is 30.5 Å². The molecule has 230 valence electrons. The zero-order chi connectivity index (χ0) is 31.5. The third kappa shape index (κ3) is 8.81. The second kappa shape index (κ2) is 15.7. The van der Waals surface area contributed by atoms with Crippen molar-refractivity contribution in [3.05, 3.63) is 53.8 Å². The number of nitriles is 1. The molecule has 4 rings (SSSR count). The molecule has 0 spiro atoms. The van der Waals surface area contributed by atoms with Crippen molar-refractivity contribution in [3.8, 4) is 11.9 Å². The summed E-state index contributed by atoms with van der Waals surface area (Å²) in [5, 5.41) is 57.6. The van der Waals surface area contributed by atoms with Gasteiger partial charge in [0.05, 0.1) is 39.9 Å². The summed E-state index contributed by atoms with van der Waals surface area (Å²) in [7, 11) is -3.72. The van der Waals surface area contributed by atoms with E-state index in [-0.39, 0.29) is 68.8 Å². The van der Waals surface area contributed by atoms with Crippen LogP contribution in [-0.2, 0) is 32.8 Å². The largest absolute Gasteiger partial charge is 0.505 e. The molecule has 0 saturated carbocycles. The number of azo groups is 1. The third-order valence-corrected chi connectivity index (χ3v) is 8.10. The van der Waals surface area contributed by atoms with Crippen LogP contribution >= 0.6 is 36.0 Å². The Morgan fingerprint density at radius 1 is 1.00 bits per heavy atom. The lowest BCUT2D eigenvalue weighted by molar-refractivity contribution is -0.434. The molecule has 0 bridgehead atoms. The average molecular weight is 685 g/mol. The van der Waals surface area contributed by atoms with Gasteiger partial charge in [-0.1, -0.05) is 10.1 Å². The smallest absolute Gasteiger partial charge is 0.242 e. The Balaban J connectivity index is 1.57. The van der Waals surface area contributed by atoms with Crippen molar-refractivity contribution in [3.63, 3.8) is 0 Å². The fraction of sp³-hybridized carbons (Fsp3) is 0.0909. The number of nitrogens with one attached hydrogen (secondary N) is 2. The molecule has 0 aliphatic rings. The van der Waals surface area contributed by atoms with Crippen molar-refractivity contribution < 1.29 is 47.0 Å². The summed E-state index contributed by atoms with van der Waals surface area (Å²) in [6.45, 7) is -0.247. The van der Waals surface area contributed by atoms with Gasteiger partial charge in [0.1, 0.15) is 5.69 Å². The number of sulfone groups is 1. The van der Waals surface area contributed by atoms with Crippen LogP contribution in [0.4, 0.5) is 29.0 Å². The van der Waals surface area contributed by atoms with Crippen molar-refractivity contribution in [2.45, 2.75) is 9.79 Å². The van der Waals surface area contributed by atoms with Gasteiger partial charge in [-0.15, -0.1) is 13.8 Å². The second-order valence-electron chi connectivity index (χ2n) is 7.89. The van der Waals surface area contributed by atoms with E-state index < -0.39 is 9.84 Å². The van der Waals surface area contributed by atoms with Crippen LogP contribution in [0.25, 0.3) is 10.8 Å². The number of nitrogens with zero attached hydrogens (tertiary/aromatic N) is 6. The number of aromatic hydroxyl groups is 1. The van der Waals surface area contributed by atoms with E-state index in [2.05, 4.69) is 54.6 Å². The Kier molecular flexibility index (Phi) is 11.8. The number of aromatic nitrogens is 3. The Morgan fingerprint density at radius 2 is 1.75 bits per heavy atom. The summed E-state index contributed by atoms with van der Waals surface area (Å²) in [6, 6.07) is 11.8. The van der Waals surface area contributed by atoms with Gasteiger partial charge in [0, 0.05) is 11.1 Å². The van der Waals surface area contributed by atoms with Gasteiger partial charge in [0.15, 0.2) is 34.1 Å². The van der Waals surface area contributed by atoms with Gasteiger partial charge in [0.25, 0.3) is 0 Å². The average Bonchev–Trinajstić information content (AvgIpc) is 2.99. The summed E-state index contributed by atoms with van der Waals surface area (Å²) in [5.74, 6) is -0.700. The van der Waals surface area contributed by atoms with E-state index in [0.717, 1.165) is 0 Å². The molecule has 0 aliphatic carbocycles. The molecule has 22 heteroatoms. The Morgan fingerprint density at radius 3 is 2.48 bits per heavy atom. The number of hydrogen-bond acceptors (Lipinski definition) is 20. The highest BCUT2D eigenvalue weighted by Crippen LogP contribution is 2.44. The van der Waals surface area contributed by atoms with Crippen molar-refractivity contribution >= 4 is 85.5 Å².